The van der Waals surface area contributed by atoms with E-state index in [9.17, 15) is 13.2 Å². The maximum Gasteiger partial charge on any atom is 0.253 e. The summed E-state index contributed by atoms with van der Waals surface area (Å²) < 4.78 is 32.1. The van der Waals surface area contributed by atoms with Crippen molar-refractivity contribution in [2.45, 2.75) is 49.8 Å². The molecule has 0 aromatic heterocycles. The Kier molecular flexibility index (Phi) is 7.62. The molecule has 1 aliphatic heterocycles. The highest BCUT2D eigenvalue weighted by Gasteiger charge is 2.29. The largest absolute Gasteiger partial charge is 0.364 e. The molecule has 4 N–H and O–H groups in total. The number of hydrogen-bond donors (Lipinski definition) is 3. The summed E-state index contributed by atoms with van der Waals surface area (Å²) in [6, 6.07) is 5.84. The number of nitrogens with two attached hydrogens (primary N) is 1. The average molecular weight is 378 g/mol. The van der Waals surface area contributed by atoms with Crippen LogP contribution in [-0.2, 0) is 19.6 Å². The van der Waals surface area contributed by atoms with Crippen molar-refractivity contribution < 1.29 is 17.9 Å². The van der Waals surface area contributed by atoms with E-state index in [2.05, 4.69) is 10.0 Å². The van der Waals surface area contributed by atoms with Crippen molar-refractivity contribution in [3.63, 3.8) is 0 Å². The van der Waals surface area contributed by atoms with Crippen molar-refractivity contribution in [1.29, 1.82) is 0 Å². The molecule has 1 saturated heterocycles. The lowest BCUT2D eigenvalue weighted by molar-refractivity contribution is -0.126. The number of benzene rings is 1. The van der Waals surface area contributed by atoms with Gasteiger partial charge in [0.25, 0.3) is 5.91 Å². The molecule has 1 fully saturated rings. The number of halogens is 1. The molecule has 0 unspecified atom stereocenters. The van der Waals surface area contributed by atoms with Crippen LogP contribution in [0.5, 0.6) is 0 Å². The Morgan fingerprint density at radius 3 is 2.42 bits per heavy atom. The predicted octanol–water partition coefficient (Wildman–Crippen LogP) is 1.24. The summed E-state index contributed by atoms with van der Waals surface area (Å²) in [5, 5.41) is 2.73. The molecule has 136 valence electrons. The Morgan fingerprint density at radius 1 is 1.29 bits per heavy atom. The van der Waals surface area contributed by atoms with Gasteiger partial charge in [0, 0.05) is 18.3 Å². The Labute approximate surface area is 148 Å². The Bertz CT molecular complexity index is 649. The number of anilines is 1. The molecule has 1 amide bonds. The van der Waals surface area contributed by atoms with Gasteiger partial charge in [-0.25, -0.2) is 13.1 Å². The molecule has 1 heterocycles. The van der Waals surface area contributed by atoms with Crippen LogP contribution < -0.4 is 15.8 Å². The molecule has 2 rings (SSSR count). The first-order valence-electron chi connectivity index (χ1n) is 7.60. The lowest BCUT2D eigenvalue weighted by Gasteiger charge is -2.13. The number of amides is 1. The summed E-state index contributed by atoms with van der Waals surface area (Å²) in [5.41, 5.74) is 6.05. The molecule has 24 heavy (non-hydrogen) atoms. The molecule has 1 aliphatic rings. The minimum Gasteiger partial charge on any atom is -0.364 e. The number of hydrogen-bond acceptors (Lipinski definition) is 5. The minimum absolute atomic E-state index is 0. The first kappa shape index (κ1) is 20.9. The first-order chi connectivity index (χ1) is 10.8. The summed E-state index contributed by atoms with van der Waals surface area (Å²) in [6.07, 6.45) is 0.834. The maximum absolute atomic E-state index is 12.1. The number of carbonyl (C=O) groups is 1. The van der Waals surface area contributed by atoms with Gasteiger partial charge in [-0.15, -0.1) is 12.4 Å². The molecule has 1 aromatic rings. The Hall–Kier alpha value is -1.19. The van der Waals surface area contributed by atoms with Gasteiger partial charge < -0.3 is 15.8 Å². The summed E-state index contributed by atoms with van der Waals surface area (Å²) in [5.74, 6) is -0.239. The fourth-order valence-corrected chi connectivity index (χ4v) is 3.64. The minimum atomic E-state index is -3.53. The van der Waals surface area contributed by atoms with Crippen molar-refractivity contribution in [3.05, 3.63) is 24.3 Å². The fourth-order valence-electron chi connectivity index (χ4n) is 2.39. The molecule has 0 radical (unpaired) electrons. The second kappa shape index (κ2) is 8.77. The highest BCUT2D eigenvalue weighted by molar-refractivity contribution is 7.89. The Morgan fingerprint density at radius 2 is 1.92 bits per heavy atom. The number of sulfonamides is 1. The van der Waals surface area contributed by atoms with Crippen LogP contribution >= 0.6 is 12.4 Å². The molecular weight excluding hydrogens is 354 g/mol. The van der Waals surface area contributed by atoms with E-state index in [0.717, 1.165) is 6.42 Å². The Balaban J connectivity index is 0.00000288. The van der Waals surface area contributed by atoms with Crippen molar-refractivity contribution >= 4 is 34.0 Å². The van der Waals surface area contributed by atoms with E-state index >= 15 is 0 Å². The first-order valence-corrected chi connectivity index (χ1v) is 9.09. The third-order valence-electron chi connectivity index (χ3n) is 3.49. The van der Waals surface area contributed by atoms with Crippen molar-refractivity contribution in [1.82, 2.24) is 4.72 Å². The molecule has 0 aliphatic carbocycles. The third-order valence-corrected chi connectivity index (χ3v) is 5.16. The highest BCUT2D eigenvalue weighted by atomic mass is 35.5. The average Bonchev–Trinajstić information content (AvgIpc) is 2.95. The van der Waals surface area contributed by atoms with Crippen molar-refractivity contribution in [3.8, 4) is 0 Å². The zero-order valence-corrected chi connectivity index (χ0v) is 15.3. The van der Waals surface area contributed by atoms with Crippen LogP contribution in [0.15, 0.2) is 29.2 Å². The normalized spacial score (nSPS) is 20.7. The summed E-state index contributed by atoms with van der Waals surface area (Å²) in [4.78, 5) is 12.3. The quantitative estimate of drug-likeness (QED) is 0.690. The lowest BCUT2D eigenvalue weighted by atomic mass is 10.2. The molecule has 1 aromatic carbocycles. The second-order valence-electron chi connectivity index (χ2n) is 5.85. The SMILES string of the molecule is CC(C)NS(=O)(=O)c1ccc(NC(=O)[C@@H]2CC[C@H](CN)O2)cc1.Cl. The van der Waals surface area contributed by atoms with Gasteiger partial charge in [-0.05, 0) is 51.0 Å². The van der Waals surface area contributed by atoms with Gasteiger partial charge in [-0.1, -0.05) is 0 Å². The van der Waals surface area contributed by atoms with E-state index in [1.807, 2.05) is 0 Å². The maximum atomic E-state index is 12.1. The molecule has 2 atom stereocenters. The van der Waals surface area contributed by atoms with Crippen LogP contribution in [0.3, 0.4) is 0 Å². The van der Waals surface area contributed by atoms with Crippen molar-refractivity contribution in [2.75, 3.05) is 11.9 Å². The van der Waals surface area contributed by atoms with E-state index in [-0.39, 0.29) is 35.4 Å². The predicted molar refractivity (Wildman–Crippen MR) is 94.7 cm³/mol. The van der Waals surface area contributed by atoms with Gasteiger partial charge in [0.1, 0.15) is 6.10 Å². The zero-order chi connectivity index (χ0) is 17.0. The molecule has 9 heteroatoms. The van der Waals surface area contributed by atoms with Crippen LogP contribution in [0, 0.1) is 0 Å². The van der Waals surface area contributed by atoms with E-state index in [1.165, 1.54) is 12.1 Å². The van der Waals surface area contributed by atoms with Crippen LogP contribution in [0.2, 0.25) is 0 Å². The van der Waals surface area contributed by atoms with E-state index in [4.69, 9.17) is 10.5 Å². The van der Waals surface area contributed by atoms with Gasteiger partial charge >= 0.3 is 0 Å². The number of carbonyl (C=O) groups excluding carboxylic acids is 1. The number of ether oxygens (including phenoxy) is 1. The van der Waals surface area contributed by atoms with Crippen LogP contribution in [0.4, 0.5) is 5.69 Å². The summed E-state index contributed by atoms with van der Waals surface area (Å²) in [7, 11) is -3.53. The molecule has 0 saturated carbocycles. The smallest absolute Gasteiger partial charge is 0.253 e. The molecule has 0 spiro atoms. The van der Waals surface area contributed by atoms with Crippen LogP contribution in [0.1, 0.15) is 26.7 Å². The van der Waals surface area contributed by atoms with E-state index < -0.39 is 16.1 Å². The van der Waals surface area contributed by atoms with Crippen LogP contribution in [-0.4, -0.2) is 39.1 Å². The van der Waals surface area contributed by atoms with Crippen LogP contribution in [0.25, 0.3) is 0 Å². The standard InChI is InChI=1S/C15H23N3O4S.ClH/c1-10(2)18-23(20,21)13-6-3-11(4-7-13)17-15(19)14-8-5-12(9-16)22-14;/h3-4,6-7,10,12,14,18H,5,8-9,16H2,1-2H3,(H,17,19);1H/t12-,14+;/m1./s1. The van der Waals surface area contributed by atoms with Gasteiger partial charge in [0.05, 0.1) is 11.0 Å². The zero-order valence-electron chi connectivity index (χ0n) is 13.7. The van der Waals surface area contributed by atoms with E-state index in [0.29, 0.717) is 18.7 Å². The summed E-state index contributed by atoms with van der Waals surface area (Å²) in [6.45, 7) is 3.91. The molecule has 7 nitrogen and oxygen atoms in total. The lowest BCUT2D eigenvalue weighted by Crippen LogP contribution is -2.30. The van der Waals surface area contributed by atoms with Gasteiger partial charge in [-0.3, -0.25) is 4.79 Å². The highest BCUT2D eigenvalue weighted by Crippen LogP contribution is 2.21. The third kappa shape index (κ3) is 5.42. The monoisotopic (exact) mass is 377 g/mol. The molecule has 0 bridgehead atoms. The summed E-state index contributed by atoms with van der Waals surface area (Å²) >= 11 is 0. The van der Waals surface area contributed by atoms with Crippen molar-refractivity contribution in [2.24, 2.45) is 5.73 Å². The van der Waals surface area contributed by atoms with Gasteiger partial charge in [-0.2, -0.15) is 0 Å². The van der Waals surface area contributed by atoms with E-state index in [1.54, 1.807) is 26.0 Å². The topological polar surface area (TPSA) is 111 Å². The molecular formula is C15H24ClN3O4S. The van der Waals surface area contributed by atoms with Gasteiger partial charge in [0.2, 0.25) is 10.0 Å². The van der Waals surface area contributed by atoms with Gasteiger partial charge in [0.15, 0.2) is 0 Å². The fraction of sp³-hybridized carbons (Fsp3) is 0.533. The number of nitrogens with one attached hydrogen (secondary N) is 2. The number of rotatable bonds is 6. The second-order valence-corrected chi connectivity index (χ2v) is 7.56.